The Hall–Kier alpha value is -2.94. The van der Waals surface area contributed by atoms with Crippen LogP contribution in [0.3, 0.4) is 0 Å². The van der Waals surface area contributed by atoms with Gasteiger partial charge in [0.2, 0.25) is 0 Å². The van der Waals surface area contributed by atoms with E-state index in [0.717, 1.165) is 39.2 Å². The van der Waals surface area contributed by atoms with E-state index in [0.29, 0.717) is 5.56 Å². The summed E-state index contributed by atoms with van der Waals surface area (Å²) in [5.41, 5.74) is 7.47. The summed E-state index contributed by atoms with van der Waals surface area (Å²) in [4.78, 5) is 20.0. The van der Waals surface area contributed by atoms with Crippen LogP contribution in [0.2, 0.25) is 0 Å². The summed E-state index contributed by atoms with van der Waals surface area (Å²) in [7, 11) is 0. The molecular weight excluding hydrogens is 284 g/mol. The first-order valence-electron chi connectivity index (χ1n) is 7.62. The molecule has 0 spiro atoms. The second-order valence-corrected chi connectivity index (χ2v) is 5.96. The number of rotatable bonds is 2. The maximum atomic E-state index is 12.5. The van der Waals surface area contributed by atoms with E-state index in [2.05, 4.69) is 22.1 Å². The quantitative estimate of drug-likeness (QED) is 0.754. The van der Waals surface area contributed by atoms with Crippen molar-refractivity contribution in [2.75, 3.05) is 0 Å². The molecule has 4 rings (SSSR count). The van der Waals surface area contributed by atoms with Gasteiger partial charge in [0.05, 0.1) is 17.0 Å². The number of aryl methyl sites for hydroxylation is 2. The van der Waals surface area contributed by atoms with E-state index in [1.807, 2.05) is 56.4 Å². The van der Waals surface area contributed by atoms with Gasteiger partial charge in [0.1, 0.15) is 0 Å². The zero-order valence-electron chi connectivity index (χ0n) is 13.1. The molecule has 0 unspecified atom stereocenters. The molecule has 2 aromatic carbocycles. The standard InChI is InChI=1S/C20H16N2O/c1-12-5-3-7-14(9-12)18-16-11-21-19(17(16)20(23)22-18)15-8-4-6-13(2)10-15/h3-11,21H,1-2H3. The number of H-pyrrole nitrogens is 1. The number of nitrogens with one attached hydrogen (secondary N) is 1. The van der Waals surface area contributed by atoms with Gasteiger partial charge in [-0.05, 0) is 31.5 Å². The topological polar surface area (TPSA) is 45.2 Å². The molecule has 2 heterocycles. The Morgan fingerprint density at radius 3 is 2.26 bits per heavy atom. The number of hydrogen-bond acceptors (Lipinski definition) is 1. The molecule has 0 saturated heterocycles. The normalized spacial score (nSPS) is 13.1. The summed E-state index contributed by atoms with van der Waals surface area (Å²) in [6.07, 6.45) is 1.89. The molecule has 112 valence electrons. The molecule has 1 aliphatic heterocycles. The summed E-state index contributed by atoms with van der Waals surface area (Å²) in [5, 5.41) is 0. The van der Waals surface area contributed by atoms with Crippen LogP contribution in [0.15, 0.2) is 59.7 Å². The van der Waals surface area contributed by atoms with E-state index in [1.54, 1.807) is 0 Å². The molecular formula is C20H16N2O. The van der Waals surface area contributed by atoms with Gasteiger partial charge in [-0.3, -0.25) is 4.79 Å². The molecule has 3 aromatic rings. The van der Waals surface area contributed by atoms with Gasteiger partial charge in [-0.1, -0.05) is 47.5 Å². The molecule has 0 fully saturated rings. The van der Waals surface area contributed by atoms with Crippen molar-refractivity contribution < 1.29 is 4.79 Å². The molecule has 1 aliphatic rings. The van der Waals surface area contributed by atoms with Gasteiger partial charge in [0, 0.05) is 17.3 Å². The maximum absolute atomic E-state index is 12.5. The summed E-state index contributed by atoms with van der Waals surface area (Å²) >= 11 is 0. The number of hydrogen-bond donors (Lipinski definition) is 1. The third kappa shape index (κ3) is 2.21. The lowest BCUT2D eigenvalue weighted by Crippen LogP contribution is -1.99. The molecule has 0 saturated carbocycles. The smallest absolute Gasteiger partial charge is 0.280 e. The Kier molecular flexibility index (Phi) is 3.01. The van der Waals surface area contributed by atoms with E-state index in [-0.39, 0.29) is 5.91 Å². The average molecular weight is 300 g/mol. The fraction of sp³-hybridized carbons (Fsp3) is 0.100. The summed E-state index contributed by atoms with van der Waals surface area (Å²) < 4.78 is 0. The number of aromatic amines is 1. The second kappa shape index (κ2) is 5.06. The highest BCUT2D eigenvalue weighted by atomic mass is 16.1. The van der Waals surface area contributed by atoms with Gasteiger partial charge < -0.3 is 4.98 Å². The minimum atomic E-state index is -0.172. The first-order chi connectivity index (χ1) is 11.1. The van der Waals surface area contributed by atoms with Crippen LogP contribution >= 0.6 is 0 Å². The lowest BCUT2D eigenvalue weighted by Gasteiger charge is -2.02. The Bertz CT molecular complexity index is 963. The van der Waals surface area contributed by atoms with Crippen LogP contribution in [-0.4, -0.2) is 16.6 Å². The van der Waals surface area contributed by atoms with Crippen LogP contribution in [0.5, 0.6) is 0 Å². The molecule has 0 bridgehead atoms. The van der Waals surface area contributed by atoms with E-state index >= 15 is 0 Å². The predicted molar refractivity (Wildman–Crippen MR) is 92.1 cm³/mol. The van der Waals surface area contributed by atoms with Gasteiger partial charge in [0.15, 0.2) is 0 Å². The van der Waals surface area contributed by atoms with Crippen molar-refractivity contribution in [2.24, 2.45) is 4.99 Å². The number of aliphatic imine (C=N–C) groups is 1. The van der Waals surface area contributed by atoms with E-state index in [1.165, 1.54) is 0 Å². The van der Waals surface area contributed by atoms with Gasteiger partial charge in [-0.25, -0.2) is 4.99 Å². The Balaban J connectivity index is 1.85. The number of fused-ring (bicyclic) bond motifs is 1. The van der Waals surface area contributed by atoms with Crippen molar-refractivity contribution in [3.05, 3.63) is 82.5 Å². The number of carbonyl (C=O) groups excluding carboxylic acids is 1. The summed E-state index contributed by atoms with van der Waals surface area (Å²) in [6, 6.07) is 16.2. The largest absolute Gasteiger partial charge is 0.360 e. The monoisotopic (exact) mass is 300 g/mol. The van der Waals surface area contributed by atoms with E-state index in [9.17, 15) is 4.79 Å². The van der Waals surface area contributed by atoms with Crippen molar-refractivity contribution >= 4 is 11.6 Å². The van der Waals surface area contributed by atoms with Crippen LogP contribution in [-0.2, 0) is 0 Å². The first-order valence-corrected chi connectivity index (χ1v) is 7.62. The minimum Gasteiger partial charge on any atom is -0.360 e. The SMILES string of the molecule is Cc1cccc(C2=NC(=O)c3c2c[nH]c3-c2cccc(C)c2)c1. The first kappa shape index (κ1) is 13.7. The highest BCUT2D eigenvalue weighted by Gasteiger charge is 2.29. The number of aromatic nitrogens is 1. The summed E-state index contributed by atoms with van der Waals surface area (Å²) in [5.74, 6) is -0.172. The number of nitrogens with zero attached hydrogens (tertiary/aromatic N) is 1. The summed E-state index contributed by atoms with van der Waals surface area (Å²) in [6.45, 7) is 4.08. The van der Waals surface area contributed by atoms with Crippen molar-refractivity contribution in [1.82, 2.24) is 4.98 Å². The number of carbonyl (C=O) groups is 1. The minimum absolute atomic E-state index is 0.172. The molecule has 1 N–H and O–H groups in total. The fourth-order valence-electron chi connectivity index (χ4n) is 3.09. The van der Waals surface area contributed by atoms with Crippen molar-refractivity contribution in [3.63, 3.8) is 0 Å². The molecule has 0 aliphatic carbocycles. The van der Waals surface area contributed by atoms with Crippen LogP contribution in [0, 0.1) is 13.8 Å². The van der Waals surface area contributed by atoms with Gasteiger partial charge in [0.25, 0.3) is 5.91 Å². The molecule has 1 aromatic heterocycles. The van der Waals surface area contributed by atoms with Crippen molar-refractivity contribution in [3.8, 4) is 11.3 Å². The van der Waals surface area contributed by atoms with Gasteiger partial charge >= 0.3 is 0 Å². The lowest BCUT2D eigenvalue weighted by atomic mass is 9.99. The molecule has 3 heteroatoms. The highest BCUT2D eigenvalue weighted by molar-refractivity contribution is 6.29. The Morgan fingerprint density at radius 1 is 0.913 bits per heavy atom. The molecule has 3 nitrogen and oxygen atoms in total. The number of benzene rings is 2. The maximum Gasteiger partial charge on any atom is 0.280 e. The average Bonchev–Trinajstić information content (AvgIpc) is 3.09. The van der Waals surface area contributed by atoms with Crippen molar-refractivity contribution in [1.29, 1.82) is 0 Å². The van der Waals surface area contributed by atoms with Crippen LogP contribution < -0.4 is 0 Å². The van der Waals surface area contributed by atoms with Crippen LogP contribution in [0.4, 0.5) is 0 Å². The fourth-order valence-corrected chi connectivity index (χ4v) is 3.09. The molecule has 0 atom stereocenters. The zero-order chi connectivity index (χ0) is 16.0. The zero-order valence-corrected chi connectivity index (χ0v) is 13.1. The Labute approximate surface area is 134 Å². The van der Waals surface area contributed by atoms with Gasteiger partial charge in [-0.15, -0.1) is 0 Å². The third-order valence-corrected chi connectivity index (χ3v) is 4.16. The van der Waals surface area contributed by atoms with Crippen LogP contribution in [0.25, 0.3) is 11.3 Å². The van der Waals surface area contributed by atoms with E-state index < -0.39 is 0 Å². The van der Waals surface area contributed by atoms with Crippen molar-refractivity contribution in [2.45, 2.75) is 13.8 Å². The second-order valence-electron chi connectivity index (χ2n) is 5.96. The number of amides is 1. The molecule has 0 radical (unpaired) electrons. The lowest BCUT2D eigenvalue weighted by molar-refractivity contribution is 0.101. The molecule has 1 amide bonds. The Morgan fingerprint density at radius 2 is 1.57 bits per heavy atom. The highest BCUT2D eigenvalue weighted by Crippen LogP contribution is 2.32. The van der Waals surface area contributed by atoms with Gasteiger partial charge in [-0.2, -0.15) is 0 Å². The molecule has 23 heavy (non-hydrogen) atoms. The predicted octanol–water partition coefficient (Wildman–Crippen LogP) is 4.29. The third-order valence-electron chi connectivity index (χ3n) is 4.16. The van der Waals surface area contributed by atoms with Crippen LogP contribution in [0.1, 0.15) is 32.6 Å². The van der Waals surface area contributed by atoms with E-state index in [4.69, 9.17) is 0 Å².